The number of aryl methyl sites for hydroxylation is 3. The van der Waals surface area contributed by atoms with Crippen molar-refractivity contribution in [1.82, 2.24) is 14.5 Å². The SMILES string of the molecule is Cc1cc2ccccc2n1CCCCCCn1c(C)c(C[C@H](NC(=O)OCc2ccccc2)C(=O)OCc2ccccc2)c2ccccc21. The molecule has 7 heteroatoms. The van der Waals surface area contributed by atoms with Crippen molar-refractivity contribution in [3.8, 4) is 0 Å². The largest absolute Gasteiger partial charge is 0.459 e. The van der Waals surface area contributed by atoms with Crippen LogP contribution in [0.2, 0.25) is 0 Å². The molecule has 7 nitrogen and oxygen atoms in total. The van der Waals surface area contributed by atoms with Gasteiger partial charge in [-0.1, -0.05) is 110 Å². The normalized spacial score (nSPS) is 11.9. The molecule has 0 saturated carbocycles. The Balaban J connectivity index is 1.12. The number of ether oxygens (including phenoxy) is 2. The molecule has 0 saturated heterocycles. The van der Waals surface area contributed by atoms with E-state index in [4.69, 9.17) is 9.47 Å². The zero-order chi connectivity index (χ0) is 34.0. The van der Waals surface area contributed by atoms with Gasteiger partial charge in [-0.05, 0) is 67.0 Å². The Kier molecular flexibility index (Phi) is 11.1. The highest BCUT2D eigenvalue weighted by Gasteiger charge is 2.27. The number of fused-ring (bicyclic) bond motifs is 2. The van der Waals surface area contributed by atoms with Crippen LogP contribution in [0.1, 0.15) is 53.8 Å². The van der Waals surface area contributed by atoms with Crippen LogP contribution in [0.5, 0.6) is 0 Å². The first-order valence-electron chi connectivity index (χ1n) is 17.3. The molecule has 0 spiro atoms. The lowest BCUT2D eigenvalue weighted by Crippen LogP contribution is -2.43. The maximum absolute atomic E-state index is 13.5. The summed E-state index contributed by atoms with van der Waals surface area (Å²) in [5.41, 5.74) is 7.62. The monoisotopic (exact) mass is 655 g/mol. The minimum Gasteiger partial charge on any atom is -0.459 e. The number of alkyl carbamates (subject to hydrolysis) is 1. The number of carbonyl (C=O) groups is 2. The number of amides is 1. The Hall–Kier alpha value is -5.30. The third kappa shape index (κ3) is 8.41. The highest BCUT2D eigenvalue weighted by Crippen LogP contribution is 2.28. The van der Waals surface area contributed by atoms with E-state index in [-0.39, 0.29) is 19.6 Å². The van der Waals surface area contributed by atoms with Crippen LogP contribution in [0.25, 0.3) is 21.8 Å². The Labute approximate surface area is 288 Å². The topological polar surface area (TPSA) is 74.5 Å². The minimum absolute atomic E-state index is 0.110. The second kappa shape index (κ2) is 16.2. The van der Waals surface area contributed by atoms with Crippen molar-refractivity contribution in [3.05, 3.63) is 143 Å². The van der Waals surface area contributed by atoms with Gasteiger partial charge in [-0.15, -0.1) is 0 Å². The third-order valence-electron chi connectivity index (χ3n) is 9.31. The Morgan fingerprint density at radius 1 is 0.653 bits per heavy atom. The number of esters is 1. The predicted octanol–water partition coefficient (Wildman–Crippen LogP) is 9.05. The number of aromatic nitrogens is 2. The Morgan fingerprint density at radius 3 is 1.92 bits per heavy atom. The number of hydrogen-bond acceptors (Lipinski definition) is 4. The third-order valence-corrected chi connectivity index (χ3v) is 9.31. The number of para-hydroxylation sites is 2. The van der Waals surface area contributed by atoms with E-state index in [0.29, 0.717) is 0 Å². The van der Waals surface area contributed by atoms with Crippen molar-refractivity contribution in [3.63, 3.8) is 0 Å². The highest BCUT2D eigenvalue weighted by molar-refractivity contribution is 5.88. The van der Waals surface area contributed by atoms with E-state index in [2.05, 4.69) is 76.8 Å². The summed E-state index contributed by atoms with van der Waals surface area (Å²) in [4.78, 5) is 26.5. The number of carbonyl (C=O) groups excluding carboxylic acids is 2. The Bertz CT molecular complexity index is 1990. The lowest BCUT2D eigenvalue weighted by atomic mass is 10.0. The highest BCUT2D eigenvalue weighted by atomic mass is 16.6. The van der Waals surface area contributed by atoms with Gasteiger partial charge in [0.25, 0.3) is 0 Å². The molecule has 252 valence electrons. The average molecular weight is 656 g/mol. The number of nitrogens with zero attached hydrogens (tertiary/aromatic N) is 2. The van der Waals surface area contributed by atoms with Gasteiger partial charge in [0, 0.05) is 47.3 Å². The van der Waals surface area contributed by atoms with Gasteiger partial charge >= 0.3 is 12.1 Å². The summed E-state index contributed by atoms with van der Waals surface area (Å²) in [5.74, 6) is -0.498. The van der Waals surface area contributed by atoms with Crippen molar-refractivity contribution in [2.75, 3.05) is 0 Å². The quantitative estimate of drug-likeness (QED) is 0.0885. The summed E-state index contributed by atoms with van der Waals surface area (Å²) in [5, 5.41) is 5.20. The minimum atomic E-state index is -0.918. The fourth-order valence-corrected chi connectivity index (χ4v) is 6.72. The number of nitrogens with one attached hydrogen (secondary N) is 1. The molecule has 0 aliphatic carbocycles. The van der Waals surface area contributed by atoms with Crippen LogP contribution in [0.15, 0.2) is 115 Å². The molecule has 6 rings (SSSR count). The van der Waals surface area contributed by atoms with Crippen molar-refractivity contribution in [2.45, 2.75) is 78.3 Å². The van der Waals surface area contributed by atoms with E-state index in [1.165, 1.54) is 16.6 Å². The van der Waals surface area contributed by atoms with Crippen LogP contribution in [0, 0.1) is 13.8 Å². The second-order valence-electron chi connectivity index (χ2n) is 12.7. The van der Waals surface area contributed by atoms with E-state index in [1.54, 1.807) is 0 Å². The molecule has 2 aromatic heterocycles. The summed E-state index contributed by atoms with van der Waals surface area (Å²) in [6.07, 6.45) is 4.10. The maximum Gasteiger partial charge on any atom is 0.408 e. The molecule has 0 radical (unpaired) electrons. The van der Waals surface area contributed by atoms with Gasteiger partial charge in [-0.25, -0.2) is 9.59 Å². The fourth-order valence-electron chi connectivity index (χ4n) is 6.72. The lowest BCUT2D eigenvalue weighted by Gasteiger charge is -2.18. The van der Waals surface area contributed by atoms with Gasteiger partial charge in [0.05, 0.1) is 0 Å². The smallest absolute Gasteiger partial charge is 0.408 e. The van der Waals surface area contributed by atoms with Crippen LogP contribution in [-0.2, 0) is 47.0 Å². The molecule has 1 N–H and O–H groups in total. The first-order valence-corrected chi connectivity index (χ1v) is 17.3. The van der Waals surface area contributed by atoms with E-state index >= 15 is 0 Å². The van der Waals surface area contributed by atoms with E-state index < -0.39 is 18.1 Å². The standard InChI is InChI=1S/C42H45N3O4/c1-31-27-35-21-11-13-23-39(35)44(31)25-15-3-4-16-26-45-32(2)37(36-22-12-14-24-40(36)45)28-38(41(46)48-29-33-17-7-5-8-18-33)43-42(47)49-30-34-19-9-6-10-20-34/h5-14,17-24,27,38H,3-4,15-16,25-26,28-30H2,1-2H3,(H,43,47)/t38-/m0/s1. The molecule has 0 bridgehead atoms. The van der Waals surface area contributed by atoms with Gasteiger partial charge in [0.1, 0.15) is 19.3 Å². The molecule has 4 aromatic carbocycles. The molecule has 0 unspecified atom stereocenters. The number of benzene rings is 4. The fraction of sp³-hybridized carbons (Fsp3) is 0.286. The first kappa shape index (κ1) is 33.6. The van der Waals surface area contributed by atoms with E-state index in [9.17, 15) is 9.59 Å². The molecule has 0 aliphatic rings. The van der Waals surface area contributed by atoms with Crippen molar-refractivity contribution < 1.29 is 19.1 Å². The maximum atomic E-state index is 13.5. The molecular formula is C42H45N3O4. The van der Waals surface area contributed by atoms with Gasteiger partial charge in [-0.3, -0.25) is 0 Å². The zero-order valence-corrected chi connectivity index (χ0v) is 28.4. The van der Waals surface area contributed by atoms with Crippen molar-refractivity contribution in [1.29, 1.82) is 0 Å². The van der Waals surface area contributed by atoms with Crippen LogP contribution in [0.3, 0.4) is 0 Å². The van der Waals surface area contributed by atoms with E-state index in [1.807, 2.05) is 66.7 Å². The molecular weight excluding hydrogens is 610 g/mol. The van der Waals surface area contributed by atoms with Gasteiger partial charge < -0.3 is 23.9 Å². The predicted molar refractivity (Wildman–Crippen MR) is 195 cm³/mol. The van der Waals surface area contributed by atoms with Crippen LogP contribution >= 0.6 is 0 Å². The molecule has 1 amide bonds. The van der Waals surface area contributed by atoms with Crippen LogP contribution in [-0.4, -0.2) is 27.2 Å². The average Bonchev–Trinajstić information content (AvgIpc) is 3.59. The summed E-state index contributed by atoms with van der Waals surface area (Å²) >= 11 is 0. The van der Waals surface area contributed by atoms with Gasteiger partial charge in [-0.2, -0.15) is 0 Å². The van der Waals surface area contributed by atoms with Gasteiger partial charge in [0.2, 0.25) is 0 Å². The zero-order valence-electron chi connectivity index (χ0n) is 28.4. The first-order chi connectivity index (χ1) is 24.0. The molecule has 2 heterocycles. The summed E-state index contributed by atoms with van der Waals surface area (Å²) in [7, 11) is 0. The molecule has 6 aromatic rings. The number of hydrogen-bond donors (Lipinski definition) is 1. The molecule has 1 atom stereocenters. The van der Waals surface area contributed by atoms with Crippen LogP contribution in [0.4, 0.5) is 4.79 Å². The summed E-state index contributed by atoms with van der Waals surface area (Å²) < 4.78 is 16.0. The lowest BCUT2D eigenvalue weighted by molar-refractivity contribution is -0.147. The van der Waals surface area contributed by atoms with Crippen molar-refractivity contribution >= 4 is 33.9 Å². The van der Waals surface area contributed by atoms with Crippen molar-refractivity contribution in [2.24, 2.45) is 0 Å². The molecule has 49 heavy (non-hydrogen) atoms. The van der Waals surface area contributed by atoms with Crippen LogP contribution < -0.4 is 5.32 Å². The molecule has 0 fully saturated rings. The number of rotatable bonds is 15. The van der Waals surface area contributed by atoms with E-state index in [0.717, 1.165) is 72.1 Å². The second-order valence-corrected chi connectivity index (χ2v) is 12.7. The van der Waals surface area contributed by atoms with Gasteiger partial charge in [0.15, 0.2) is 0 Å². The summed E-state index contributed by atoms with van der Waals surface area (Å²) in [6, 6.07) is 37.3. The molecule has 0 aliphatic heterocycles. The Morgan fingerprint density at radius 2 is 1.22 bits per heavy atom. The number of unbranched alkanes of at least 4 members (excludes halogenated alkanes) is 3. The summed E-state index contributed by atoms with van der Waals surface area (Å²) in [6.45, 7) is 6.44.